The molecule has 0 aromatic heterocycles. The second-order valence-electron chi connectivity index (χ2n) is 9.26. The first kappa shape index (κ1) is 19.4. The molecule has 5 heteroatoms. The van der Waals surface area contributed by atoms with Crippen LogP contribution in [-0.2, 0) is 4.79 Å². The first-order valence-electron chi connectivity index (χ1n) is 10.7. The molecule has 152 valence electrons. The quantitative estimate of drug-likeness (QED) is 0.806. The summed E-state index contributed by atoms with van der Waals surface area (Å²) in [4.78, 5) is 32.4. The molecule has 2 heterocycles. The molecule has 1 aromatic rings. The Labute approximate surface area is 168 Å². The van der Waals surface area contributed by atoms with Gasteiger partial charge in [0.25, 0.3) is 5.91 Å². The van der Waals surface area contributed by atoms with Crippen molar-refractivity contribution in [3.05, 3.63) is 35.9 Å². The first-order valence-corrected chi connectivity index (χ1v) is 10.7. The number of hydrogen-bond acceptors (Lipinski definition) is 3. The Balaban J connectivity index is 1.52. The molecule has 5 nitrogen and oxygen atoms in total. The van der Waals surface area contributed by atoms with Crippen molar-refractivity contribution in [2.24, 2.45) is 16.7 Å². The number of likely N-dealkylation sites (tertiary alicyclic amines) is 2. The Morgan fingerprint density at radius 2 is 1.75 bits per heavy atom. The molecule has 2 aliphatic heterocycles. The molecule has 2 saturated heterocycles. The van der Waals surface area contributed by atoms with Crippen molar-refractivity contribution in [1.82, 2.24) is 14.7 Å². The van der Waals surface area contributed by atoms with Crippen LogP contribution >= 0.6 is 0 Å². The van der Waals surface area contributed by atoms with Gasteiger partial charge < -0.3 is 14.7 Å². The van der Waals surface area contributed by atoms with Gasteiger partial charge in [-0.3, -0.25) is 9.59 Å². The van der Waals surface area contributed by atoms with Gasteiger partial charge in [0, 0.05) is 45.8 Å². The third-order valence-electron chi connectivity index (χ3n) is 7.77. The number of benzene rings is 1. The van der Waals surface area contributed by atoms with Crippen molar-refractivity contribution >= 4 is 11.8 Å². The van der Waals surface area contributed by atoms with Gasteiger partial charge in [-0.25, -0.2) is 0 Å². The monoisotopic (exact) mass is 383 g/mol. The largest absolute Gasteiger partial charge is 0.348 e. The minimum atomic E-state index is -0.217. The van der Waals surface area contributed by atoms with E-state index in [-0.39, 0.29) is 16.7 Å². The molecule has 1 spiro atoms. The van der Waals surface area contributed by atoms with Crippen molar-refractivity contribution in [2.45, 2.75) is 32.6 Å². The van der Waals surface area contributed by atoms with Crippen LogP contribution in [0.4, 0.5) is 0 Å². The lowest BCUT2D eigenvalue weighted by molar-refractivity contribution is -0.141. The molecule has 0 unspecified atom stereocenters. The highest BCUT2D eigenvalue weighted by molar-refractivity contribution is 5.94. The van der Waals surface area contributed by atoms with Crippen LogP contribution in [0.15, 0.2) is 30.3 Å². The lowest BCUT2D eigenvalue weighted by Crippen LogP contribution is -2.49. The predicted octanol–water partition coefficient (Wildman–Crippen LogP) is 2.73. The van der Waals surface area contributed by atoms with Crippen molar-refractivity contribution in [3.63, 3.8) is 0 Å². The van der Waals surface area contributed by atoms with Gasteiger partial charge in [-0.1, -0.05) is 25.1 Å². The highest BCUT2D eigenvalue weighted by Crippen LogP contribution is 2.62. The predicted molar refractivity (Wildman–Crippen MR) is 110 cm³/mol. The van der Waals surface area contributed by atoms with Gasteiger partial charge in [-0.15, -0.1) is 0 Å². The highest BCUT2D eigenvalue weighted by Gasteiger charge is 2.64. The van der Waals surface area contributed by atoms with Gasteiger partial charge in [0.2, 0.25) is 5.91 Å². The number of hydrogen-bond donors (Lipinski definition) is 0. The molecule has 0 radical (unpaired) electrons. The lowest BCUT2D eigenvalue weighted by atomic mass is 9.65. The van der Waals surface area contributed by atoms with E-state index in [0.29, 0.717) is 11.8 Å². The fraction of sp³-hybridized carbons (Fsp3) is 0.652. The SMILES string of the molecule is CCN1C[C@H]2C3(CCN(C(=O)c4ccccc4)CC3)CC[C@@]2(C(=O)N(C)C)C1. The highest BCUT2D eigenvalue weighted by atomic mass is 16.2. The minimum absolute atomic E-state index is 0.144. The van der Waals surface area contributed by atoms with E-state index in [9.17, 15) is 9.59 Å². The molecule has 4 rings (SSSR count). The van der Waals surface area contributed by atoms with E-state index in [0.717, 1.165) is 64.0 Å². The molecule has 1 saturated carbocycles. The first-order chi connectivity index (χ1) is 13.4. The van der Waals surface area contributed by atoms with Gasteiger partial charge in [0.1, 0.15) is 0 Å². The summed E-state index contributed by atoms with van der Waals surface area (Å²) in [7, 11) is 3.80. The molecule has 2 amide bonds. The van der Waals surface area contributed by atoms with Crippen molar-refractivity contribution in [2.75, 3.05) is 46.8 Å². The summed E-state index contributed by atoms with van der Waals surface area (Å²) < 4.78 is 0. The molecule has 2 atom stereocenters. The zero-order valence-electron chi connectivity index (χ0n) is 17.5. The molecule has 3 aliphatic rings. The van der Waals surface area contributed by atoms with Gasteiger partial charge in [0.05, 0.1) is 5.41 Å². The summed E-state index contributed by atoms with van der Waals surface area (Å²) in [5.74, 6) is 0.877. The molecule has 1 aromatic carbocycles. The summed E-state index contributed by atoms with van der Waals surface area (Å²) in [5.41, 5.74) is 0.772. The van der Waals surface area contributed by atoms with E-state index in [1.807, 2.05) is 49.3 Å². The third kappa shape index (κ3) is 2.95. The number of carbonyl (C=O) groups excluding carboxylic acids is 2. The average molecular weight is 384 g/mol. The molecule has 1 aliphatic carbocycles. The molecule has 0 N–H and O–H groups in total. The summed E-state index contributed by atoms with van der Waals surface area (Å²) in [6, 6.07) is 9.60. The van der Waals surface area contributed by atoms with Crippen LogP contribution in [0.3, 0.4) is 0 Å². The maximum absolute atomic E-state index is 13.2. The van der Waals surface area contributed by atoms with E-state index in [2.05, 4.69) is 11.8 Å². The smallest absolute Gasteiger partial charge is 0.253 e. The summed E-state index contributed by atoms with van der Waals surface area (Å²) in [6.45, 7) is 6.75. The Bertz CT molecular complexity index is 739. The molecule has 0 bridgehead atoms. The number of nitrogens with zero attached hydrogens (tertiary/aromatic N) is 3. The number of carbonyl (C=O) groups is 2. The number of rotatable bonds is 3. The third-order valence-corrected chi connectivity index (χ3v) is 7.77. The minimum Gasteiger partial charge on any atom is -0.348 e. The maximum Gasteiger partial charge on any atom is 0.253 e. The van der Waals surface area contributed by atoms with Crippen LogP contribution in [0.2, 0.25) is 0 Å². The fourth-order valence-corrected chi connectivity index (χ4v) is 6.21. The summed E-state index contributed by atoms with van der Waals surface area (Å²) >= 11 is 0. The Kier molecular flexibility index (Phi) is 4.98. The van der Waals surface area contributed by atoms with E-state index in [1.165, 1.54) is 0 Å². The standard InChI is InChI=1S/C23H33N3O2/c1-4-25-16-19-22(10-11-23(19,17-25)21(28)24(2)3)12-14-26(15-13-22)20(27)18-8-6-5-7-9-18/h5-9,19H,4,10-17H2,1-3H3/t19-,23+/m0/s1. The van der Waals surface area contributed by atoms with Gasteiger partial charge >= 0.3 is 0 Å². The molecule has 3 fully saturated rings. The van der Waals surface area contributed by atoms with Gasteiger partial charge in [-0.2, -0.15) is 0 Å². The Morgan fingerprint density at radius 1 is 1.07 bits per heavy atom. The van der Waals surface area contributed by atoms with Crippen molar-refractivity contribution in [3.8, 4) is 0 Å². The normalized spacial score (nSPS) is 29.1. The van der Waals surface area contributed by atoms with Gasteiger partial charge in [-0.05, 0) is 55.7 Å². The van der Waals surface area contributed by atoms with Crippen LogP contribution in [0.25, 0.3) is 0 Å². The number of piperidine rings is 1. The van der Waals surface area contributed by atoms with E-state index in [4.69, 9.17) is 0 Å². The van der Waals surface area contributed by atoms with Crippen molar-refractivity contribution < 1.29 is 9.59 Å². The van der Waals surface area contributed by atoms with E-state index in [1.54, 1.807) is 4.90 Å². The zero-order chi connectivity index (χ0) is 19.9. The Hall–Kier alpha value is -1.88. The fourth-order valence-electron chi connectivity index (χ4n) is 6.21. The van der Waals surface area contributed by atoms with Crippen molar-refractivity contribution in [1.29, 1.82) is 0 Å². The zero-order valence-corrected chi connectivity index (χ0v) is 17.5. The van der Waals surface area contributed by atoms with Crippen LogP contribution in [-0.4, -0.2) is 73.3 Å². The maximum atomic E-state index is 13.2. The van der Waals surface area contributed by atoms with Crippen LogP contribution in [0, 0.1) is 16.7 Å². The average Bonchev–Trinajstić information content (AvgIpc) is 3.25. The van der Waals surface area contributed by atoms with Crippen LogP contribution in [0.1, 0.15) is 43.0 Å². The number of fused-ring (bicyclic) bond motifs is 2. The van der Waals surface area contributed by atoms with Crippen LogP contribution in [0.5, 0.6) is 0 Å². The summed E-state index contributed by atoms with van der Waals surface area (Å²) in [6.07, 6.45) is 4.17. The van der Waals surface area contributed by atoms with E-state index < -0.39 is 0 Å². The van der Waals surface area contributed by atoms with Gasteiger partial charge in [0.15, 0.2) is 0 Å². The second kappa shape index (κ2) is 7.18. The molecular formula is C23H33N3O2. The van der Waals surface area contributed by atoms with E-state index >= 15 is 0 Å². The number of amides is 2. The summed E-state index contributed by atoms with van der Waals surface area (Å²) in [5, 5.41) is 0. The molecule has 28 heavy (non-hydrogen) atoms. The second-order valence-corrected chi connectivity index (χ2v) is 9.26. The van der Waals surface area contributed by atoms with Crippen LogP contribution < -0.4 is 0 Å². The lowest BCUT2D eigenvalue weighted by Gasteiger charge is -2.44. The molecular weight excluding hydrogens is 350 g/mol. The topological polar surface area (TPSA) is 43.9 Å². The Morgan fingerprint density at radius 3 is 2.36 bits per heavy atom.